The molecule has 15 heavy (non-hydrogen) atoms. The summed E-state index contributed by atoms with van der Waals surface area (Å²) >= 11 is 0. The van der Waals surface area contributed by atoms with Crippen molar-refractivity contribution in [2.75, 3.05) is 38.2 Å². The summed E-state index contributed by atoms with van der Waals surface area (Å²) < 4.78 is 10.9. The van der Waals surface area contributed by atoms with Crippen molar-refractivity contribution in [3.63, 3.8) is 0 Å². The number of nitrogens with one attached hydrogen (secondary N) is 1. The van der Waals surface area contributed by atoms with Gasteiger partial charge in [-0.1, -0.05) is 5.92 Å². The highest BCUT2D eigenvalue weighted by molar-refractivity contribution is 7.84. The van der Waals surface area contributed by atoms with Crippen LogP contribution in [0.2, 0.25) is 0 Å². The Morgan fingerprint density at radius 2 is 2.20 bits per heavy atom. The maximum Gasteiger partial charge on any atom is 0.0598 e. The van der Waals surface area contributed by atoms with Crippen LogP contribution in [-0.2, 0) is 10.8 Å². The highest BCUT2D eigenvalue weighted by Crippen LogP contribution is 2.09. The Morgan fingerprint density at radius 3 is 2.73 bits per heavy atom. The van der Waals surface area contributed by atoms with E-state index >= 15 is 0 Å². The zero-order valence-electron chi connectivity index (χ0n) is 9.37. The fourth-order valence-electron chi connectivity index (χ4n) is 1.83. The quantitative estimate of drug-likeness (QED) is 0.675. The number of terminal acetylenes is 1. The van der Waals surface area contributed by atoms with Gasteiger partial charge < -0.3 is 5.32 Å². The Kier molecular flexibility index (Phi) is 5.92. The van der Waals surface area contributed by atoms with Crippen molar-refractivity contribution in [2.24, 2.45) is 0 Å². The summed E-state index contributed by atoms with van der Waals surface area (Å²) in [5.41, 5.74) is 0. The lowest BCUT2D eigenvalue weighted by molar-refractivity contribution is 0.219. The van der Waals surface area contributed by atoms with E-state index in [0.29, 0.717) is 6.04 Å². The average molecular weight is 228 g/mol. The Balaban J connectivity index is 2.10. The van der Waals surface area contributed by atoms with E-state index in [1.165, 1.54) is 0 Å². The fourth-order valence-corrected chi connectivity index (χ4v) is 2.24. The van der Waals surface area contributed by atoms with Crippen LogP contribution in [0.15, 0.2) is 0 Å². The zero-order chi connectivity index (χ0) is 11.1. The Hall–Kier alpha value is -0.370. The molecule has 0 aromatic heterocycles. The number of hydrogen-bond acceptors (Lipinski definition) is 3. The van der Waals surface area contributed by atoms with E-state index in [4.69, 9.17) is 6.42 Å². The van der Waals surface area contributed by atoms with Gasteiger partial charge in [0.25, 0.3) is 0 Å². The minimum Gasteiger partial charge on any atom is -0.313 e. The van der Waals surface area contributed by atoms with Crippen LogP contribution in [0.4, 0.5) is 0 Å². The summed E-state index contributed by atoms with van der Waals surface area (Å²) in [5.74, 6) is 3.43. The molecule has 0 bridgehead atoms. The monoisotopic (exact) mass is 228 g/mol. The molecule has 1 aliphatic rings. The molecule has 0 spiro atoms. The third-order valence-corrected chi connectivity index (χ3v) is 3.50. The van der Waals surface area contributed by atoms with Crippen LogP contribution >= 0.6 is 0 Å². The molecule has 0 saturated carbocycles. The molecule has 1 saturated heterocycles. The van der Waals surface area contributed by atoms with E-state index in [9.17, 15) is 4.21 Å². The van der Waals surface area contributed by atoms with Crippen LogP contribution in [-0.4, -0.2) is 53.3 Å². The first kappa shape index (κ1) is 12.7. The number of hydrogen-bond donors (Lipinski definition) is 1. The number of nitrogens with zero attached hydrogens (tertiary/aromatic N) is 1. The summed E-state index contributed by atoms with van der Waals surface area (Å²) in [6.07, 6.45) is 9.32. The van der Waals surface area contributed by atoms with E-state index in [1.54, 1.807) is 6.26 Å². The van der Waals surface area contributed by atoms with Crippen LogP contribution in [0.3, 0.4) is 0 Å². The molecule has 1 unspecified atom stereocenters. The normalized spacial score (nSPS) is 21.1. The molecule has 1 fully saturated rings. The predicted octanol–water partition coefficient (Wildman–Crippen LogP) is 0.0521. The van der Waals surface area contributed by atoms with Crippen LogP contribution in [0.25, 0.3) is 0 Å². The van der Waals surface area contributed by atoms with Gasteiger partial charge in [-0.15, -0.1) is 6.42 Å². The maximum atomic E-state index is 10.9. The summed E-state index contributed by atoms with van der Waals surface area (Å²) in [7, 11) is -0.679. The van der Waals surface area contributed by atoms with Gasteiger partial charge in [-0.05, 0) is 12.8 Å². The van der Waals surface area contributed by atoms with Gasteiger partial charge in [-0.3, -0.25) is 9.11 Å². The minimum atomic E-state index is -0.679. The second kappa shape index (κ2) is 7.00. The molecule has 1 atom stereocenters. The number of likely N-dealkylation sites (tertiary alicyclic amines) is 1. The van der Waals surface area contributed by atoms with Crippen molar-refractivity contribution in [1.82, 2.24) is 10.2 Å². The van der Waals surface area contributed by atoms with E-state index < -0.39 is 10.8 Å². The summed E-state index contributed by atoms with van der Waals surface area (Å²) in [5, 5.41) is 3.44. The van der Waals surface area contributed by atoms with Gasteiger partial charge in [0.1, 0.15) is 0 Å². The smallest absolute Gasteiger partial charge is 0.0598 e. The molecule has 0 aromatic carbocycles. The predicted molar refractivity (Wildman–Crippen MR) is 65.2 cm³/mol. The second-order valence-electron chi connectivity index (χ2n) is 3.99. The van der Waals surface area contributed by atoms with Crippen molar-refractivity contribution in [3.05, 3.63) is 0 Å². The molecular formula is C11H20N2OS. The van der Waals surface area contributed by atoms with Gasteiger partial charge in [-0.25, -0.2) is 0 Å². The zero-order valence-corrected chi connectivity index (χ0v) is 10.2. The van der Waals surface area contributed by atoms with Crippen molar-refractivity contribution in [1.29, 1.82) is 0 Å². The van der Waals surface area contributed by atoms with Gasteiger partial charge in [0.2, 0.25) is 0 Å². The molecule has 0 aliphatic carbocycles. The van der Waals surface area contributed by atoms with Crippen LogP contribution in [0.5, 0.6) is 0 Å². The molecular weight excluding hydrogens is 208 g/mol. The van der Waals surface area contributed by atoms with Crippen LogP contribution in [0.1, 0.15) is 12.8 Å². The van der Waals surface area contributed by atoms with Gasteiger partial charge in [0.15, 0.2) is 0 Å². The molecule has 86 valence electrons. The first-order valence-corrected chi connectivity index (χ1v) is 7.14. The Bertz CT molecular complexity index is 241. The summed E-state index contributed by atoms with van der Waals surface area (Å²) in [6, 6.07) is 0.586. The lowest BCUT2D eigenvalue weighted by atomic mass is 10.1. The molecule has 0 aromatic rings. The summed E-state index contributed by atoms with van der Waals surface area (Å²) in [6.45, 7) is 3.79. The van der Waals surface area contributed by atoms with Crippen molar-refractivity contribution in [3.8, 4) is 12.3 Å². The lowest BCUT2D eigenvalue weighted by Gasteiger charge is -2.31. The third kappa shape index (κ3) is 5.31. The molecule has 3 nitrogen and oxygen atoms in total. The largest absolute Gasteiger partial charge is 0.313 e. The third-order valence-electron chi connectivity index (χ3n) is 2.73. The first-order chi connectivity index (χ1) is 7.22. The van der Waals surface area contributed by atoms with E-state index in [1.807, 2.05) is 0 Å². The van der Waals surface area contributed by atoms with E-state index in [-0.39, 0.29) is 0 Å². The van der Waals surface area contributed by atoms with Gasteiger partial charge in [-0.2, -0.15) is 0 Å². The van der Waals surface area contributed by atoms with Crippen molar-refractivity contribution >= 4 is 10.8 Å². The lowest BCUT2D eigenvalue weighted by Crippen LogP contribution is -2.43. The van der Waals surface area contributed by atoms with Gasteiger partial charge in [0.05, 0.1) is 6.54 Å². The summed E-state index contributed by atoms with van der Waals surface area (Å²) in [4.78, 5) is 2.30. The Labute approximate surface area is 95.1 Å². The molecule has 1 N–H and O–H groups in total. The van der Waals surface area contributed by atoms with Crippen molar-refractivity contribution in [2.45, 2.75) is 18.9 Å². The molecule has 1 rings (SSSR count). The van der Waals surface area contributed by atoms with Crippen LogP contribution < -0.4 is 5.32 Å². The average Bonchev–Trinajstić information content (AvgIpc) is 2.20. The second-order valence-corrected chi connectivity index (χ2v) is 5.54. The molecule has 1 aliphatic heterocycles. The van der Waals surface area contributed by atoms with E-state index in [0.717, 1.165) is 44.8 Å². The highest BCUT2D eigenvalue weighted by atomic mass is 32.2. The molecule has 0 amide bonds. The Morgan fingerprint density at radius 1 is 1.53 bits per heavy atom. The minimum absolute atomic E-state index is 0.586. The SMILES string of the molecule is C#CCN1CCC(NCCS(C)=O)CC1. The molecule has 0 radical (unpaired) electrons. The molecule has 4 heteroatoms. The number of piperidine rings is 1. The topological polar surface area (TPSA) is 32.3 Å². The van der Waals surface area contributed by atoms with E-state index in [2.05, 4.69) is 16.1 Å². The standard InChI is InChI=1S/C11H20N2OS/c1-3-7-13-8-4-11(5-9-13)12-6-10-15(2)14/h1,11-12H,4-10H2,2H3. The number of rotatable bonds is 5. The van der Waals surface area contributed by atoms with Crippen molar-refractivity contribution < 1.29 is 4.21 Å². The van der Waals surface area contributed by atoms with Crippen LogP contribution in [0, 0.1) is 12.3 Å². The first-order valence-electron chi connectivity index (χ1n) is 5.41. The highest BCUT2D eigenvalue weighted by Gasteiger charge is 2.17. The fraction of sp³-hybridized carbons (Fsp3) is 0.818. The molecule has 1 heterocycles. The van der Waals surface area contributed by atoms with Gasteiger partial charge in [0, 0.05) is 48.5 Å². The van der Waals surface area contributed by atoms with Gasteiger partial charge >= 0.3 is 0 Å². The maximum absolute atomic E-state index is 10.9.